The van der Waals surface area contributed by atoms with Crippen LogP contribution in [0.3, 0.4) is 0 Å². The van der Waals surface area contributed by atoms with Crippen molar-refractivity contribution >= 4 is 24.2 Å². The molecule has 0 aliphatic rings. The Kier molecular flexibility index (Phi) is 5.57. The van der Waals surface area contributed by atoms with Gasteiger partial charge in [-0.25, -0.2) is 0 Å². The molecule has 0 aliphatic carbocycles. The highest BCUT2D eigenvalue weighted by Gasteiger charge is 2.40. The number of hydrogen-bond donors (Lipinski definition) is 3. The average molecular weight is 305 g/mol. The SMILES string of the molecule is C=C(C)C(=O)Nc1ccccc1B(O)OC(C)(C)C(C)(C)O. The number of benzene rings is 1. The summed E-state index contributed by atoms with van der Waals surface area (Å²) in [6.07, 6.45) is 0. The lowest BCUT2D eigenvalue weighted by molar-refractivity contribution is -0.112. The van der Waals surface area contributed by atoms with Crippen molar-refractivity contribution in [2.75, 3.05) is 5.32 Å². The normalized spacial score (nSPS) is 12.0. The van der Waals surface area contributed by atoms with Crippen LogP contribution in [0.2, 0.25) is 0 Å². The van der Waals surface area contributed by atoms with Crippen LogP contribution in [0.15, 0.2) is 36.4 Å². The van der Waals surface area contributed by atoms with Crippen molar-refractivity contribution in [1.29, 1.82) is 0 Å². The molecule has 1 aromatic rings. The van der Waals surface area contributed by atoms with Crippen LogP contribution in [-0.4, -0.2) is 34.4 Å². The summed E-state index contributed by atoms with van der Waals surface area (Å²) in [5, 5.41) is 23.1. The highest BCUT2D eigenvalue weighted by Crippen LogP contribution is 2.25. The van der Waals surface area contributed by atoms with Crippen molar-refractivity contribution in [1.82, 2.24) is 0 Å². The first-order valence-electron chi connectivity index (χ1n) is 7.10. The summed E-state index contributed by atoms with van der Waals surface area (Å²) < 4.78 is 5.60. The lowest BCUT2D eigenvalue weighted by atomic mass is 9.75. The lowest BCUT2D eigenvalue weighted by Crippen LogP contribution is -2.53. The molecule has 0 spiro atoms. The molecule has 0 saturated heterocycles. The Hall–Kier alpha value is -1.63. The number of amides is 1. The minimum Gasteiger partial charge on any atom is -0.423 e. The predicted octanol–water partition coefficient (Wildman–Crippen LogP) is 1.45. The van der Waals surface area contributed by atoms with E-state index >= 15 is 0 Å². The van der Waals surface area contributed by atoms with Gasteiger partial charge in [-0.1, -0.05) is 24.8 Å². The van der Waals surface area contributed by atoms with Gasteiger partial charge in [0.1, 0.15) is 0 Å². The number of carbonyl (C=O) groups excluding carboxylic acids is 1. The summed E-state index contributed by atoms with van der Waals surface area (Å²) in [6.45, 7) is 11.8. The van der Waals surface area contributed by atoms with Crippen molar-refractivity contribution < 1.29 is 19.6 Å². The Bertz CT molecular complexity index is 564. The molecular formula is C16H24BNO4. The maximum absolute atomic E-state index is 11.8. The van der Waals surface area contributed by atoms with Gasteiger partial charge < -0.3 is 20.1 Å². The summed E-state index contributed by atoms with van der Waals surface area (Å²) in [5.74, 6) is -0.332. The summed E-state index contributed by atoms with van der Waals surface area (Å²) in [7, 11) is -1.29. The Morgan fingerprint density at radius 2 is 1.82 bits per heavy atom. The molecule has 0 radical (unpaired) electrons. The maximum atomic E-state index is 11.8. The molecule has 22 heavy (non-hydrogen) atoms. The fourth-order valence-corrected chi connectivity index (χ4v) is 1.54. The second-order valence-corrected chi connectivity index (χ2v) is 6.36. The third-order valence-electron chi connectivity index (χ3n) is 3.74. The van der Waals surface area contributed by atoms with Gasteiger partial charge >= 0.3 is 7.12 Å². The van der Waals surface area contributed by atoms with Crippen LogP contribution in [-0.2, 0) is 9.45 Å². The molecule has 1 amide bonds. The van der Waals surface area contributed by atoms with E-state index in [2.05, 4.69) is 11.9 Å². The van der Waals surface area contributed by atoms with Crippen molar-refractivity contribution in [3.05, 3.63) is 36.4 Å². The van der Waals surface area contributed by atoms with Gasteiger partial charge in [0.25, 0.3) is 5.91 Å². The number of para-hydroxylation sites is 1. The van der Waals surface area contributed by atoms with Crippen molar-refractivity contribution in [3.63, 3.8) is 0 Å². The first-order valence-corrected chi connectivity index (χ1v) is 7.10. The van der Waals surface area contributed by atoms with Crippen molar-refractivity contribution in [2.45, 2.75) is 45.8 Å². The molecule has 0 atom stereocenters. The van der Waals surface area contributed by atoms with Crippen LogP contribution >= 0.6 is 0 Å². The zero-order chi connectivity index (χ0) is 17.1. The summed E-state index contributed by atoms with van der Waals surface area (Å²) >= 11 is 0. The number of rotatable bonds is 6. The number of carbonyl (C=O) groups is 1. The first kappa shape index (κ1) is 18.4. The zero-order valence-corrected chi connectivity index (χ0v) is 13.8. The van der Waals surface area contributed by atoms with Crippen molar-refractivity contribution in [3.8, 4) is 0 Å². The van der Waals surface area contributed by atoms with Gasteiger partial charge in [0.15, 0.2) is 0 Å². The van der Waals surface area contributed by atoms with Crippen molar-refractivity contribution in [2.24, 2.45) is 0 Å². The summed E-state index contributed by atoms with van der Waals surface area (Å²) in [5.41, 5.74) is -0.923. The lowest BCUT2D eigenvalue weighted by Gasteiger charge is -2.38. The molecule has 0 aliphatic heterocycles. The predicted molar refractivity (Wildman–Crippen MR) is 89.0 cm³/mol. The van der Waals surface area contributed by atoms with E-state index in [1.807, 2.05) is 0 Å². The van der Waals surface area contributed by atoms with Crippen LogP contribution in [0, 0.1) is 0 Å². The molecule has 0 aromatic heterocycles. The highest BCUT2D eigenvalue weighted by molar-refractivity contribution is 6.62. The van der Waals surface area contributed by atoms with Crippen LogP contribution in [0.5, 0.6) is 0 Å². The van der Waals surface area contributed by atoms with Crippen LogP contribution < -0.4 is 10.8 Å². The molecule has 0 heterocycles. The molecule has 3 N–H and O–H groups in total. The number of anilines is 1. The van der Waals surface area contributed by atoms with E-state index in [1.54, 1.807) is 58.9 Å². The van der Waals surface area contributed by atoms with Gasteiger partial charge in [-0.05, 0) is 40.7 Å². The summed E-state index contributed by atoms with van der Waals surface area (Å²) in [4.78, 5) is 11.8. The molecule has 0 fully saturated rings. The largest absolute Gasteiger partial charge is 0.493 e. The second-order valence-electron chi connectivity index (χ2n) is 6.36. The smallest absolute Gasteiger partial charge is 0.423 e. The molecule has 0 saturated carbocycles. The minimum atomic E-state index is -1.29. The van der Waals surface area contributed by atoms with E-state index in [9.17, 15) is 14.9 Å². The standard InChI is InChI=1S/C16H24BNO4/c1-11(2)14(19)18-13-10-8-7-9-12(13)17(21)22-16(5,6)15(3,4)20/h7-10,20-21H,1H2,2-6H3,(H,18,19). The fraction of sp³-hybridized carbons (Fsp3) is 0.438. The zero-order valence-electron chi connectivity index (χ0n) is 13.8. The van der Waals surface area contributed by atoms with Crippen LogP contribution in [0.1, 0.15) is 34.6 Å². The Labute approximate surface area is 132 Å². The van der Waals surface area contributed by atoms with Gasteiger partial charge in [0.05, 0.1) is 11.2 Å². The second kappa shape index (κ2) is 6.65. The first-order chi connectivity index (χ1) is 9.95. The topological polar surface area (TPSA) is 78.8 Å². The average Bonchev–Trinajstić information content (AvgIpc) is 2.37. The third kappa shape index (κ3) is 4.43. The van der Waals surface area contributed by atoms with Gasteiger partial charge in [-0.2, -0.15) is 0 Å². The van der Waals surface area contributed by atoms with E-state index < -0.39 is 18.3 Å². The van der Waals surface area contributed by atoms with Gasteiger partial charge in [0.2, 0.25) is 0 Å². The van der Waals surface area contributed by atoms with E-state index in [1.165, 1.54) is 0 Å². The van der Waals surface area contributed by atoms with Gasteiger partial charge in [-0.3, -0.25) is 4.79 Å². The summed E-state index contributed by atoms with van der Waals surface area (Å²) in [6, 6.07) is 6.79. The Balaban J connectivity index is 3.02. The minimum absolute atomic E-state index is 0.332. The molecule has 1 rings (SSSR count). The van der Waals surface area contributed by atoms with E-state index in [-0.39, 0.29) is 5.91 Å². The Morgan fingerprint density at radius 3 is 2.32 bits per heavy atom. The van der Waals surface area contributed by atoms with Crippen LogP contribution in [0.4, 0.5) is 5.69 Å². The molecule has 1 aromatic carbocycles. The molecule has 0 unspecified atom stereocenters. The molecule has 120 valence electrons. The van der Waals surface area contributed by atoms with E-state index in [4.69, 9.17) is 4.65 Å². The molecular weight excluding hydrogens is 281 g/mol. The molecule has 6 heteroatoms. The fourth-order valence-electron chi connectivity index (χ4n) is 1.54. The van der Waals surface area contributed by atoms with E-state index in [0.29, 0.717) is 16.7 Å². The highest BCUT2D eigenvalue weighted by atomic mass is 16.5. The monoisotopic (exact) mass is 305 g/mol. The van der Waals surface area contributed by atoms with Crippen LogP contribution in [0.25, 0.3) is 0 Å². The van der Waals surface area contributed by atoms with Gasteiger partial charge in [-0.15, -0.1) is 0 Å². The molecule has 0 bridgehead atoms. The van der Waals surface area contributed by atoms with Gasteiger partial charge in [0, 0.05) is 16.7 Å². The number of hydrogen-bond acceptors (Lipinski definition) is 4. The molecule has 5 nitrogen and oxygen atoms in total. The number of nitrogens with one attached hydrogen (secondary N) is 1. The quantitative estimate of drug-likeness (QED) is 0.549. The van der Waals surface area contributed by atoms with E-state index in [0.717, 1.165) is 0 Å². The maximum Gasteiger partial charge on any atom is 0.493 e. The Morgan fingerprint density at radius 1 is 1.27 bits per heavy atom. The third-order valence-corrected chi connectivity index (χ3v) is 3.74. The number of aliphatic hydroxyl groups is 1.